The molecular formula is C16H20N2O2. The first-order chi connectivity index (χ1) is 9.58. The van der Waals surface area contributed by atoms with Crippen LogP contribution in [0.25, 0.3) is 0 Å². The van der Waals surface area contributed by atoms with Crippen LogP contribution < -0.4 is 5.32 Å². The molecule has 4 nitrogen and oxygen atoms in total. The third-order valence-corrected chi connectivity index (χ3v) is 2.92. The number of para-hydroxylation sites is 1. The first kappa shape index (κ1) is 14.2. The second kappa shape index (κ2) is 6.28. The van der Waals surface area contributed by atoms with Gasteiger partial charge in [-0.25, -0.2) is 0 Å². The molecule has 1 aromatic carbocycles. The van der Waals surface area contributed by atoms with E-state index in [-0.39, 0.29) is 11.9 Å². The Kier molecular flexibility index (Phi) is 4.45. The molecule has 0 saturated heterocycles. The third-order valence-electron chi connectivity index (χ3n) is 2.92. The molecule has 0 bridgehead atoms. The number of carbonyl (C=O) groups is 1. The lowest BCUT2D eigenvalue weighted by molar-refractivity contribution is 0.0776. The van der Waals surface area contributed by atoms with E-state index in [4.69, 9.17) is 4.42 Å². The predicted molar refractivity (Wildman–Crippen MR) is 79.7 cm³/mol. The Morgan fingerprint density at radius 1 is 1.25 bits per heavy atom. The van der Waals surface area contributed by atoms with Crippen molar-refractivity contribution < 1.29 is 9.21 Å². The summed E-state index contributed by atoms with van der Waals surface area (Å²) in [5.41, 5.74) is 1.54. The van der Waals surface area contributed by atoms with Crippen molar-refractivity contribution in [3.05, 3.63) is 54.0 Å². The zero-order chi connectivity index (χ0) is 14.5. The van der Waals surface area contributed by atoms with Crippen LogP contribution in [0.2, 0.25) is 0 Å². The molecule has 0 fully saturated rings. The molecule has 1 aromatic heterocycles. The van der Waals surface area contributed by atoms with Crippen molar-refractivity contribution in [3.63, 3.8) is 0 Å². The molecule has 20 heavy (non-hydrogen) atoms. The maximum Gasteiger partial charge on any atom is 0.256 e. The number of nitrogens with one attached hydrogen (secondary N) is 1. The van der Waals surface area contributed by atoms with Gasteiger partial charge in [-0.15, -0.1) is 0 Å². The van der Waals surface area contributed by atoms with Crippen molar-refractivity contribution in [1.29, 1.82) is 0 Å². The molecule has 0 spiro atoms. The van der Waals surface area contributed by atoms with Gasteiger partial charge in [-0.3, -0.25) is 4.79 Å². The summed E-state index contributed by atoms with van der Waals surface area (Å²) in [5, 5.41) is 3.30. The lowest BCUT2D eigenvalue weighted by Crippen LogP contribution is -2.27. The SMILES string of the molecule is CC(C)Nc1ccccc1C(=O)N(C)Cc1ccco1. The number of amides is 1. The smallest absolute Gasteiger partial charge is 0.256 e. The Hall–Kier alpha value is -2.23. The van der Waals surface area contributed by atoms with Gasteiger partial charge in [0.1, 0.15) is 5.76 Å². The summed E-state index contributed by atoms with van der Waals surface area (Å²) in [4.78, 5) is 14.2. The van der Waals surface area contributed by atoms with Gasteiger partial charge < -0.3 is 14.6 Å². The molecule has 0 unspecified atom stereocenters. The van der Waals surface area contributed by atoms with E-state index < -0.39 is 0 Å². The summed E-state index contributed by atoms with van der Waals surface area (Å²) >= 11 is 0. The maximum atomic E-state index is 12.5. The van der Waals surface area contributed by atoms with Crippen LogP contribution in [0.15, 0.2) is 47.1 Å². The van der Waals surface area contributed by atoms with Crippen LogP contribution in [0.3, 0.4) is 0 Å². The van der Waals surface area contributed by atoms with Crippen LogP contribution in [-0.4, -0.2) is 23.9 Å². The molecule has 106 valence electrons. The second-order valence-corrected chi connectivity index (χ2v) is 5.09. The van der Waals surface area contributed by atoms with Gasteiger partial charge in [-0.1, -0.05) is 12.1 Å². The molecule has 4 heteroatoms. The molecule has 0 aliphatic heterocycles. The van der Waals surface area contributed by atoms with Crippen molar-refractivity contribution in [1.82, 2.24) is 4.90 Å². The van der Waals surface area contributed by atoms with E-state index in [9.17, 15) is 4.79 Å². The van der Waals surface area contributed by atoms with Gasteiger partial charge in [-0.05, 0) is 38.1 Å². The maximum absolute atomic E-state index is 12.5. The highest BCUT2D eigenvalue weighted by Gasteiger charge is 2.16. The van der Waals surface area contributed by atoms with Gasteiger partial charge in [0.15, 0.2) is 0 Å². The van der Waals surface area contributed by atoms with E-state index >= 15 is 0 Å². The van der Waals surface area contributed by atoms with Gasteiger partial charge in [-0.2, -0.15) is 0 Å². The molecular weight excluding hydrogens is 252 g/mol. The van der Waals surface area contributed by atoms with Gasteiger partial charge in [0.2, 0.25) is 0 Å². The van der Waals surface area contributed by atoms with E-state index in [1.165, 1.54) is 0 Å². The van der Waals surface area contributed by atoms with E-state index in [1.807, 2.05) is 50.2 Å². The molecule has 0 radical (unpaired) electrons. The molecule has 2 rings (SSSR count). The highest BCUT2D eigenvalue weighted by Crippen LogP contribution is 2.18. The van der Waals surface area contributed by atoms with Crippen molar-refractivity contribution >= 4 is 11.6 Å². The Morgan fingerprint density at radius 2 is 2.00 bits per heavy atom. The standard InChI is InChI=1S/C16H20N2O2/c1-12(2)17-15-9-5-4-8-14(15)16(19)18(3)11-13-7-6-10-20-13/h4-10,12,17H,11H2,1-3H3. The van der Waals surface area contributed by atoms with Crippen molar-refractivity contribution in [2.75, 3.05) is 12.4 Å². The summed E-state index contributed by atoms with van der Waals surface area (Å²) in [6, 6.07) is 11.5. The Labute approximate surface area is 119 Å². The summed E-state index contributed by atoms with van der Waals surface area (Å²) in [6.45, 7) is 4.56. The van der Waals surface area contributed by atoms with Crippen molar-refractivity contribution in [2.24, 2.45) is 0 Å². The fourth-order valence-corrected chi connectivity index (χ4v) is 2.02. The molecule has 0 aliphatic carbocycles. The van der Waals surface area contributed by atoms with E-state index in [0.29, 0.717) is 12.1 Å². The number of anilines is 1. The van der Waals surface area contributed by atoms with Crippen LogP contribution in [-0.2, 0) is 6.54 Å². The minimum atomic E-state index is -0.0230. The molecule has 0 saturated carbocycles. The van der Waals surface area contributed by atoms with Crippen molar-refractivity contribution in [2.45, 2.75) is 26.4 Å². The Morgan fingerprint density at radius 3 is 2.65 bits per heavy atom. The zero-order valence-corrected chi connectivity index (χ0v) is 12.1. The fraction of sp³-hybridized carbons (Fsp3) is 0.312. The molecule has 1 heterocycles. The summed E-state index contributed by atoms with van der Waals surface area (Å²) in [6.07, 6.45) is 1.61. The lowest BCUT2D eigenvalue weighted by atomic mass is 10.1. The average molecular weight is 272 g/mol. The number of benzene rings is 1. The molecule has 0 atom stereocenters. The van der Waals surface area contributed by atoms with E-state index in [1.54, 1.807) is 18.2 Å². The number of furan rings is 1. The number of nitrogens with zero attached hydrogens (tertiary/aromatic N) is 1. The Bertz CT molecular complexity index is 562. The Balaban J connectivity index is 2.15. The first-order valence-corrected chi connectivity index (χ1v) is 6.71. The quantitative estimate of drug-likeness (QED) is 0.907. The van der Waals surface area contributed by atoms with E-state index in [0.717, 1.165) is 11.4 Å². The minimum absolute atomic E-state index is 0.0230. The largest absolute Gasteiger partial charge is 0.467 e. The summed E-state index contributed by atoms with van der Waals surface area (Å²) in [5.74, 6) is 0.750. The van der Waals surface area contributed by atoms with Crippen molar-refractivity contribution in [3.8, 4) is 0 Å². The molecule has 2 aromatic rings. The van der Waals surface area contributed by atoms with Crippen LogP contribution in [0.4, 0.5) is 5.69 Å². The van der Waals surface area contributed by atoms with Gasteiger partial charge >= 0.3 is 0 Å². The molecule has 1 amide bonds. The normalized spacial score (nSPS) is 10.6. The minimum Gasteiger partial charge on any atom is -0.467 e. The second-order valence-electron chi connectivity index (χ2n) is 5.09. The van der Waals surface area contributed by atoms with Gasteiger partial charge in [0.05, 0.1) is 18.4 Å². The number of carbonyl (C=O) groups excluding carboxylic acids is 1. The van der Waals surface area contributed by atoms with E-state index in [2.05, 4.69) is 5.32 Å². The summed E-state index contributed by atoms with van der Waals surface area (Å²) in [7, 11) is 1.77. The zero-order valence-electron chi connectivity index (χ0n) is 12.1. The van der Waals surface area contributed by atoms with Crippen LogP contribution in [0, 0.1) is 0 Å². The predicted octanol–water partition coefficient (Wildman–Crippen LogP) is 3.37. The molecule has 1 N–H and O–H groups in total. The monoisotopic (exact) mass is 272 g/mol. The van der Waals surface area contributed by atoms with Gasteiger partial charge in [0.25, 0.3) is 5.91 Å². The highest BCUT2D eigenvalue weighted by atomic mass is 16.3. The van der Waals surface area contributed by atoms with Crippen LogP contribution >= 0.6 is 0 Å². The fourth-order valence-electron chi connectivity index (χ4n) is 2.02. The summed E-state index contributed by atoms with van der Waals surface area (Å²) < 4.78 is 5.28. The average Bonchev–Trinajstić information content (AvgIpc) is 2.90. The van der Waals surface area contributed by atoms with Crippen LogP contribution in [0.1, 0.15) is 30.0 Å². The lowest BCUT2D eigenvalue weighted by Gasteiger charge is -2.19. The highest BCUT2D eigenvalue weighted by molar-refractivity contribution is 5.99. The third kappa shape index (κ3) is 3.41. The number of hydrogen-bond donors (Lipinski definition) is 1. The number of rotatable bonds is 5. The molecule has 0 aliphatic rings. The topological polar surface area (TPSA) is 45.5 Å². The number of hydrogen-bond acceptors (Lipinski definition) is 3. The van der Waals surface area contributed by atoms with Crippen LogP contribution in [0.5, 0.6) is 0 Å². The first-order valence-electron chi connectivity index (χ1n) is 6.71. The van der Waals surface area contributed by atoms with Gasteiger partial charge in [0, 0.05) is 18.8 Å².